The van der Waals surface area contributed by atoms with Crippen molar-refractivity contribution in [3.05, 3.63) is 90.3 Å². The van der Waals surface area contributed by atoms with Crippen LogP contribution in [0.5, 0.6) is 11.5 Å². The number of hydrogen-bond donors (Lipinski definition) is 2. The summed E-state index contributed by atoms with van der Waals surface area (Å²) in [5.41, 5.74) is 2.56. The number of nitrogens with one attached hydrogen (secondary N) is 1. The fourth-order valence-electron chi connectivity index (χ4n) is 3.37. The number of hydrogen-bond acceptors (Lipinski definition) is 6. The molecule has 2 atom stereocenters. The third-order valence-corrected chi connectivity index (χ3v) is 5.09. The molecule has 2 unspecified atom stereocenters. The number of aromatic nitrogens is 1. The Balaban J connectivity index is 1.38. The number of fused-ring (bicyclic) bond motifs is 1. The lowest BCUT2D eigenvalue weighted by Crippen LogP contribution is -2.27. The summed E-state index contributed by atoms with van der Waals surface area (Å²) in [5.74, 6) is 0.805. The van der Waals surface area contributed by atoms with Gasteiger partial charge >= 0.3 is 5.97 Å². The number of benzene rings is 3. The summed E-state index contributed by atoms with van der Waals surface area (Å²) in [6, 6.07) is 24.7. The first-order valence-electron chi connectivity index (χ1n) is 10.8. The summed E-state index contributed by atoms with van der Waals surface area (Å²) < 4.78 is 17.6. The van der Waals surface area contributed by atoms with E-state index in [-0.39, 0.29) is 0 Å². The minimum atomic E-state index is -0.995. The van der Waals surface area contributed by atoms with E-state index in [4.69, 9.17) is 19.0 Å². The summed E-state index contributed by atoms with van der Waals surface area (Å²) in [6.45, 7) is 2.70. The molecule has 7 heteroatoms. The van der Waals surface area contributed by atoms with Gasteiger partial charge in [-0.05, 0) is 61.9 Å². The minimum absolute atomic E-state index is 0.397. The van der Waals surface area contributed by atoms with Gasteiger partial charge in [0.15, 0.2) is 17.8 Å². The van der Waals surface area contributed by atoms with E-state index in [0.717, 1.165) is 28.8 Å². The predicted molar refractivity (Wildman–Crippen MR) is 125 cm³/mol. The molecule has 0 bridgehead atoms. The molecular weight excluding hydrogens is 420 g/mol. The van der Waals surface area contributed by atoms with Gasteiger partial charge in [0.1, 0.15) is 17.0 Å². The van der Waals surface area contributed by atoms with Crippen LogP contribution in [0.15, 0.2) is 83.3 Å². The Bertz CT molecular complexity index is 1160. The first kappa shape index (κ1) is 22.4. The standard InChI is InChI=1S/C26H26N2O5/c1-18(26(29)30)31-21-11-7-8-19(16-21)14-15-27-17-24(32-20-9-3-2-4-10-20)25-28-22-12-5-6-13-23(22)33-25/h2-13,16,18,24,27H,14-15,17H2,1H3,(H,29,30). The Kier molecular flexibility index (Phi) is 7.22. The number of carboxylic acid groups (broad SMARTS) is 1. The Hall–Kier alpha value is -3.84. The Morgan fingerprint density at radius 1 is 1.00 bits per heavy atom. The van der Waals surface area contributed by atoms with E-state index in [1.54, 1.807) is 6.07 Å². The second kappa shape index (κ2) is 10.7. The van der Waals surface area contributed by atoms with E-state index in [2.05, 4.69) is 10.3 Å². The third kappa shape index (κ3) is 6.11. The van der Waals surface area contributed by atoms with Gasteiger partial charge in [0.25, 0.3) is 0 Å². The van der Waals surface area contributed by atoms with Gasteiger partial charge in [-0.2, -0.15) is 0 Å². The fraction of sp³-hybridized carbons (Fsp3) is 0.231. The van der Waals surface area contributed by atoms with Gasteiger partial charge in [0.05, 0.1) is 0 Å². The van der Waals surface area contributed by atoms with Gasteiger partial charge in [-0.15, -0.1) is 0 Å². The molecule has 33 heavy (non-hydrogen) atoms. The van der Waals surface area contributed by atoms with Crippen LogP contribution in [0.1, 0.15) is 24.5 Å². The van der Waals surface area contributed by atoms with Crippen molar-refractivity contribution in [1.82, 2.24) is 10.3 Å². The molecule has 1 aromatic heterocycles. The largest absolute Gasteiger partial charge is 0.479 e. The lowest BCUT2D eigenvalue weighted by atomic mass is 10.1. The highest BCUT2D eigenvalue weighted by atomic mass is 16.5. The van der Waals surface area contributed by atoms with E-state index in [0.29, 0.717) is 24.7 Å². The average molecular weight is 447 g/mol. The van der Waals surface area contributed by atoms with Crippen molar-refractivity contribution in [1.29, 1.82) is 0 Å². The molecule has 7 nitrogen and oxygen atoms in total. The van der Waals surface area contributed by atoms with E-state index in [1.165, 1.54) is 6.92 Å². The number of carbonyl (C=O) groups is 1. The molecule has 4 aromatic rings. The van der Waals surface area contributed by atoms with Crippen LogP contribution in [0.2, 0.25) is 0 Å². The highest BCUT2D eigenvalue weighted by Gasteiger charge is 2.20. The van der Waals surface area contributed by atoms with Crippen LogP contribution in [-0.2, 0) is 11.2 Å². The maximum atomic E-state index is 11.0. The van der Waals surface area contributed by atoms with Crippen LogP contribution < -0.4 is 14.8 Å². The smallest absolute Gasteiger partial charge is 0.344 e. The second-order valence-corrected chi connectivity index (χ2v) is 7.64. The number of ether oxygens (including phenoxy) is 2. The van der Waals surface area contributed by atoms with Gasteiger partial charge in [0, 0.05) is 6.54 Å². The molecular formula is C26H26N2O5. The van der Waals surface area contributed by atoms with Crippen molar-refractivity contribution >= 4 is 17.1 Å². The number of oxazole rings is 1. The maximum Gasteiger partial charge on any atom is 0.344 e. The van der Waals surface area contributed by atoms with Crippen molar-refractivity contribution < 1.29 is 23.8 Å². The molecule has 0 radical (unpaired) electrons. The normalized spacial score (nSPS) is 12.9. The SMILES string of the molecule is CC(Oc1cccc(CCNCC(Oc2ccccc2)c2nc3ccccc3o2)c1)C(=O)O. The molecule has 0 amide bonds. The van der Waals surface area contributed by atoms with Crippen LogP contribution in [-0.4, -0.2) is 35.3 Å². The Morgan fingerprint density at radius 2 is 1.76 bits per heavy atom. The molecule has 0 saturated heterocycles. The number of rotatable bonds is 11. The second-order valence-electron chi connectivity index (χ2n) is 7.64. The number of para-hydroxylation sites is 3. The molecule has 0 aliphatic heterocycles. The predicted octanol–water partition coefficient (Wildman–Crippen LogP) is 4.63. The van der Waals surface area contributed by atoms with Crippen molar-refractivity contribution in [3.8, 4) is 11.5 Å². The number of carboxylic acids is 1. The fourth-order valence-corrected chi connectivity index (χ4v) is 3.37. The van der Waals surface area contributed by atoms with Gasteiger partial charge in [-0.3, -0.25) is 0 Å². The first-order valence-corrected chi connectivity index (χ1v) is 10.8. The minimum Gasteiger partial charge on any atom is -0.479 e. The number of nitrogens with zero attached hydrogens (tertiary/aromatic N) is 1. The molecule has 2 N–H and O–H groups in total. The first-order chi connectivity index (χ1) is 16.1. The summed E-state index contributed by atoms with van der Waals surface area (Å²) in [7, 11) is 0. The molecule has 0 saturated carbocycles. The Morgan fingerprint density at radius 3 is 2.55 bits per heavy atom. The lowest BCUT2D eigenvalue weighted by Gasteiger charge is -2.17. The summed E-state index contributed by atoms with van der Waals surface area (Å²) in [4.78, 5) is 15.6. The van der Waals surface area contributed by atoms with Crippen molar-refractivity contribution in [2.45, 2.75) is 25.6 Å². The Labute approximate surface area is 192 Å². The molecule has 3 aromatic carbocycles. The lowest BCUT2D eigenvalue weighted by molar-refractivity contribution is -0.144. The van der Waals surface area contributed by atoms with E-state index in [1.807, 2.05) is 72.8 Å². The molecule has 1 heterocycles. The zero-order valence-electron chi connectivity index (χ0n) is 18.3. The van der Waals surface area contributed by atoms with Crippen LogP contribution in [0, 0.1) is 0 Å². The highest BCUT2D eigenvalue weighted by molar-refractivity contribution is 5.72. The summed E-state index contributed by atoms with van der Waals surface area (Å²) in [6.07, 6.45) is -0.555. The molecule has 0 fully saturated rings. The van der Waals surface area contributed by atoms with Crippen molar-refractivity contribution in [2.24, 2.45) is 0 Å². The van der Waals surface area contributed by atoms with Crippen LogP contribution in [0.4, 0.5) is 0 Å². The number of aliphatic carboxylic acids is 1. The maximum absolute atomic E-state index is 11.0. The van der Waals surface area contributed by atoms with Gasteiger partial charge in [-0.1, -0.05) is 42.5 Å². The summed E-state index contributed by atoms with van der Waals surface area (Å²) >= 11 is 0. The molecule has 4 rings (SSSR count). The third-order valence-electron chi connectivity index (χ3n) is 5.09. The summed E-state index contributed by atoms with van der Waals surface area (Å²) in [5, 5.41) is 12.4. The molecule has 0 aliphatic rings. The molecule has 0 spiro atoms. The van der Waals surface area contributed by atoms with E-state index < -0.39 is 18.2 Å². The van der Waals surface area contributed by atoms with E-state index >= 15 is 0 Å². The van der Waals surface area contributed by atoms with Crippen LogP contribution in [0.25, 0.3) is 11.1 Å². The van der Waals surface area contributed by atoms with Crippen molar-refractivity contribution in [2.75, 3.05) is 13.1 Å². The highest BCUT2D eigenvalue weighted by Crippen LogP contribution is 2.24. The monoisotopic (exact) mass is 446 g/mol. The van der Waals surface area contributed by atoms with Gasteiger partial charge < -0.3 is 24.3 Å². The van der Waals surface area contributed by atoms with Gasteiger partial charge in [-0.25, -0.2) is 9.78 Å². The van der Waals surface area contributed by atoms with Crippen molar-refractivity contribution in [3.63, 3.8) is 0 Å². The molecule has 0 aliphatic carbocycles. The van der Waals surface area contributed by atoms with Crippen LogP contribution in [0.3, 0.4) is 0 Å². The topological polar surface area (TPSA) is 93.8 Å². The van der Waals surface area contributed by atoms with Gasteiger partial charge in [0.2, 0.25) is 5.89 Å². The average Bonchev–Trinajstić information content (AvgIpc) is 3.26. The quantitative estimate of drug-likeness (QED) is 0.324. The van der Waals surface area contributed by atoms with Crippen LogP contribution >= 0.6 is 0 Å². The zero-order valence-corrected chi connectivity index (χ0v) is 18.3. The molecule has 170 valence electrons. The van der Waals surface area contributed by atoms with E-state index in [9.17, 15) is 4.79 Å². The zero-order chi connectivity index (χ0) is 23.0.